The second-order valence-corrected chi connectivity index (χ2v) is 2.46. The van der Waals surface area contributed by atoms with Crippen LogP contribution in [-0.4, -0.2) is 26.0 Å². The molecule has 0 saturated carbocycles. The van der Waals surface area contributed by atoms with Gasteiger partial charge in [-0.2, -0.15) is 0 Å². The monoisotopic (exact) mass is 191 g/mol. The maximum absolute atomic E-state index is 10.5. The molecule has 0 radical (unpaired) electrons. The highest BCUT2D eigenvalue weighted by Gasteiger charge is 2.07. The van der Waals surface area contributed by atoms with Crippen LogP contribution >= 0.6 is 0 Å². The number of hydrogen-bond donors (Lipinski definition) is 1. The van der Waals surface area contributed by atoms with Gasteiger partial charge < -0.3 is 9.52 Å². The molecule has 70 valence electrons. The van der Waals surface area contributed by atoms with Crippen molar-refractivity contribution in [2.45, 2.75) is 0 Å². The van der Waals surface area contributed by atoms with Crippen molar-refractivity contribution in [2.24, 2.45) is 0 Å². The van der Waals surface area contributed by atoms with Crippen LogP contribution in [0.5, 0.6) is 0 Å². The number of oxazole rings is 1. The predicted molar refractivity (Wildman–Crippen MR) is 44.5 cm³/mol. The smallest absolute Gasteiger partial charge is 0.356 e. The van der Waals surface area contributed by atoms with Crippen molar-refractivity contribution in [1.29, 1.82) is 0 Å². The molecule has 0 aliphatic rings. The molecule has 0 spiro atoms. The zero-order valence-electron chi connectivity index (χ0n) is 6.91. The molecule has 0 aliphatic heterocycles. The van der Waals surface area contributed by atoms with E-state index in [1.54, 1.807) is 0 Å². The third kappa shape index (κ3) is 1.45. The van der Waals surface area contributed by atoms with Crippen molar-refractivity contribution < 1.29 is 14.3 Å². The summed E-state index contributed by atoms with van der Waals surface area (Å²) >= 11 is 0. The summed E-state index contributed by atoms with van der Waals surface area (Å²) in [5.41, 5.74) is 0.348. The molecule has 0 aromatic carbocycles. The van der Waals surface area contributed by atoms with Crippen molar-refractivity contribution in [1.82, 2.24) is 15.0 Å². The zero-order valence-corrected chi connectivity index (χ0v) is 6.91. The van der Waals surface area contributed by atoms with E-state index in [4.69, 9.17) is 9.52 Å². The van der Waals surface area contributed by atoms with Gasteiger partial charge in [0.25, 0.3) is 0 Å². The lowest BCUT2D eigenvalue weighted by atomic mass is 10.3. The van der Waals surface area contributed by atoms with Gasteiger partial charge in [-0.25, -0.2) is 19.7 Å². The van der Waals surface area contributed by atoms with Crippen LogP contribution in [0, 0.1) is 0 Å². The van der Waals surface area contributed by atoms with Crippen LogP contribution in [0.4, 0.5) is 0 Å². The molecule has 1 N–H and O–H groups in total. The van der Waals surface area contributed by atoms with Crippen LogP contribution in [0.1, 0.15) is 10.5 Å². The van der Waals surface area contributed by atoms with Gasteiger partial charge in [0.05, 0.1) is 18.6 Å². The fraction of sp³-hybridized carbons (Fsp3) is 0. The molecule has 0 bridgehead atoms. The van der Waals surface area contributed by atoms with E-state index >= 15 is 0 Å². The van der Waals surface area contributed by atoms with Crippen LogP contribution in [0.25, 0.3) is 11.5 Å². The molecule has 2 rings (SSSR count). The summed E-state index contributed by atoms with van der Waals surface area (Å²) in [6.45, 7) is 0. The zero-order chi connectivity index (χ0) is 9.97. The van der Waals surface area contributed by atoms with Gasteiger partial charge in [0.2, 0.25) is 0 Å². The first-order valence-corrected chi connectivity index (χ1v) is 3.71. The molecule has 6 nitrogen and oxygen atoms in total. The third-order valence-electron chi connectivity index (χ3n) is 1.56. The Labute approximate surface area is 78.3 Å². The summed E-state index contributed by atoms with van der Waals surface area (Å²) in [6.07, 6.45) is 5.23. The van der Waals surface area contributed by atoms with Crippen LogP contribution in [0.2, 0.25) is 0 Å². The van der Waals surface area contributed by atoms with Crippen LogP contribution < -0.4 is 0 Å². The Bertz CT molecular complexity index is 435. The molecule has 2 aromatic rings. The van der Waals surface area contributed by atoms with Crippen molar-refractivity contribution in [2.75, 3.05) is 0 Å². The molecule has 0 saturated heterocycles. The highest BCUT2D eigenvalue weighted by molar-refractivity contribution is 5.84. The minimum absolute atomic E-state index is 0.103. The summed E-state index contributed by atoms with van der Waals surface area (Å²) in [5.74, 6) is -0.656. The standard InChI is InChI=1S/C8H5N3O3/c12-8(13)6-2-10-5(1-11-6)7-3-9-4-14-7/h1-4H,(H,12,13). The van der Waals surface area contributed by atoms with Crippen LogP contribution in [0.3, 0.4) is 0 Å². The Kier molecular flexibility index (Phi) is 1.94. The molecule has 6 heteroatoms. The minimum atomic E-state index is -1.11. The first-order chi connectivity index (χ1) is 6.77. The van der Waals surface area contributed by atoms with E-state index in [2.05, 4.69) is 15.0 Å². The Morgan fingerprint density at radius 2 is 2.14 bits per heavy atom. The van der Waals surface area contributed by atoms with E-state index in [1.807, 2.05) is 0 Å². The lowest BCUT2D eigenvalue weighted by molar-refractivity contribution is 0.0690. The predicted octanol–water partition coefficient (Wildman–Crippen LogP) is 0.830. The summed E-state index contributed by atoms with van der Waals surface area (Å²) in [5, 5.41) is 8.57. The third-order valence-corrected chi connectivity index (χ3v) is 1.56. The molecular weight excluding hydrogens is 186 g/mol. The van der Waals surface area contributed by atoms with Gasteiger partial charge in [-0.1, -0.05) is 0 Å². The number of carboxylic acids is 1. The number of nitrogens with zero attached hydrogens (tertiary/aromatic N) is 3. The number of aromatic carboxylic acids is 1. The fourth-order valence-corrected chi connectivity index (χ4v) is 0.908. The Morgan fingerprint density at radius 1 is 1.29 bits per heavy atom. The van der Waals surface area contributed by atoms with Gasteiger partial charge in [0.1, 0.15) is 5.69 Å². The van der Waals surface area contributed by atoms with Crippen LogP contribution in [-0.2, 0) is 0 Å². The second kappa shape index (κ2) is 3.25. The fourth-order valence-electron chi connectivity index (χ4n) is 0.908. The average molecular weight is 191 g/mol. The molecule has 0 unspecified atom stereocenters. The first kappa shape index (κ1) is 8.36. The van der Waals surface area contributed by atoms with Gasteiger partial charge in [-0.05, 0) is 0 Å². The molecule has 0 atom stereocenters. The quantitative estimate of drug-likeness (QED) is 0.756. The second-order valence-electron chi connectivity index (χ2n) is 2.46. The first-order valence-electron chi connectivity index (χ1n) is 3.71. The number of carboxylic acid groups (broad SMARTS) is 1. The number of carbonyl (C=O) groups is 1. The number of hydrogen-bond acceptors (Lipinski definition) is 5. The van der Waals surface area contributed by atoms with Crippen molar-refractivity contribution in [3.63, 3.8) is 0 Å². The Balaban J connectivity index is 2.36. The average Bonchev–Trinajstić information content (AvgIpc) is 2.71. The van der Waals surface area contributed by atoms with Gasteiger partial charge in [0.15, 0.2) is 17.8 Å². The van der Waals surface area contributed by atoms with Gasteiger partial charge in [0, 0.05) is 0 Å². The minimum Gasteiger partial charge on any atom is -0.476 e. The van der Waals surface area contributed by atoms with E-state index in [-0.39, 0.29) is 5.69 Å². The molecular formula is C8H5N3O3. The van der Waals surface area contributed by atoms with Gasteiger partial charge in [-0.3, -0.25) is 0 Å². The van der Waals surface area contributed by atoms with E-state index < -0.39 is 5.97 Å². The van der Waals surface area contributed by atoms with Crippen molar-refractivity contribution in [3.05, 3.63) is 30.7 Å². The normalized spacial score (nSPS) is 10.0. The van der Waals surface area contributed by atoms with Crippen molar-refractivity contribution >= 4 is 5.97 Å². The SMILES string of the molecule is O=C(O)c1cnc(-c2cnco2)cn1. The molecule has 2 aromatic heterocycles. The van der Waals surface area contributed by atoms with Gasteiger partial charge in [-0.15, -0.1) is 0 Å². The number of aromatic nitrogens is 3. The van der Waals surface area contributed by atoms with E-state index in [0.717, 1.165) is 0 Å². The summed E-state index contributed by atoms with van der Waals surface area (Å²) in [4.78, 5) is 21.7. The van der Waals surface area contributed by atoms with Crippen molar-refractivity contribution in [3.8, 4) is 11.5 Å². The lowest BCUT2D eigenvalue weighted by Gasteiger charge is -1.94. The Hall–Kier alpha value is -2.24. The summed E-state index contributed by atoms with van der Waals surface area (Å²) < 4.78 is 4.96. The van der Waals surface area contributed by atoms with E-state index in [9.17, 15) is 4.79 Å². The topological polar surface area (TPSA) is 89.1 Å². The highest BCUT2D eigenvalue weighted by Crippen LogP contribution is 2.13. The van der Waals surface area contributed by atoms with Gasteiger partial charge >= 0.3 is 5.97 Å². The summed E-state index contributed by atoms with van der Waals surface area (Å²) in [7, 11) is 0. The molecule has 0 fully saturated rings. The number of rotatable bonds is 2. The largest absolute Gasteiger partial charge is 0.476 e. The molecule has 0 aliphatic carbocycles. The highest BCUT2D eigenvalue weighted by atomic mass is 16.4. The van der Waals surface area contributed by atoms with E-state index in [1.165, 1.54) is 25.0 Å². The lowest BCUT2D eigenvalue weighted by Crippen LogP contribution is -2.00. The molecule has 14 heavy (non-hydrogen) atoms. The van der Waals surface area contributed by atoms with E-state index in [0.29, 0.717) is 11.5 Å². The molecule has 2 heterocycles. The summed E-state index contributed by atoms with van der Waals surface area (Å²) in [6, 6.07) is 0. The Morgan fingerprint density at radius 3 is 2.64 bits per heavy atom. The maximum atomic E-state index is 10.5. The maximum Gasteiger partial charge on any atom is 0.356 e. The molecule has 0 amide bonds. The van der Waals surface area contributed by atoms with Crippen LogP contribution in [0.15, 0.2) is 29.4 Å².